The average molecular weight is 262 g/mol. The molecule has 0 saturated carbocycles. The summed E-state index contributed by atoms with van der Waals surface area (Å²) in [4.78, 5) is 1.96. The van der Waals surface area contributed by atoms with Crippen molar-refractivity contribution in [3.63, 3.8) is 0 Å². The second kappa shape index (κ2) is 6.06. The van der Waals surface area contributed by atoms with Gasteiger partial charge in [-0.1, -0.05) is 12.1 Å². The molecule has 0 bridgehead atoms. The van der Waals surface area contributed by atoms with E-state index in [9.17, 15) is 13.2 Å². The molecule has 0 amide bonds. The third-order valence-corrected chi connectivity index (χ3v) is 2.25. The van der Waals surface area contributed by atoms with Crippen LogP contribution >= 0.6 is 0 Å². The number of hydrogen-bond acceptors (Lipinski definition) is 3. The quantitative estimate of drug-likeness (QED) is 0.882. The summed E-state index contributed by atoms with van der Waals surface area (Å²) in [7, 11) is 3.83. The van der Waals surface area contributed by atoms with Crippen LogP contribution in [-0.2, 0) is 6.42 Å². The van der Waals surface area contributed by atoms with Gasteiger partial charge in [0.15, 0.2) is 0 Å². The van der Waals surface area contributed by atoms with Crippen LogP contribution in [0.4, 0.5) is 13.2 Å². The Hall–Kier alpha value is -1.27. The molecule has 0 aromatic heterocycles. The van der Waals surface area contributed by atoms with Gasteiger partial charge in [0, 0.05) is 12.6 Å². The van der Waals surface area contributed by atoms with Crippen LogP contribution in [-0.4, -0.2) is 37.9 Å². The van der Waals surface area contributed by atoms with E-state index < -0.39 is 6.36 Å². The highest BCUT2D eigenvalue weighted by Crippen LogP contribution is 2.22. The van der Waals surface area contributed by atoms with Crippen molar-refractivity contribution in [2.24, 2.45) is 5.73 Å². The Morgan fingerprint density at radius 1 is 1.22 bits per heavy atom. The summed E-state index contributed by atoms with van der Waals surface area (Å²) in [6.07, 6.45) is -4.03. The molecule has 18 heavy (non-hydrogen) atoms. The van der Waals surface area contributed by atoms with Crippen molar-refractivity contribution in [2.75, 3.05) is 20.6 Å². The van der Waals surface area contributed by atoms with Crippen LogP contribution in [0.5, 0.6) is 5.75 Å². The fraction of sp³-hybridized carbons (Fsp3) is 0.500. The number of ether oxygens (including phenoxy) is 1. The maximum Gasteiger partial charge on any atom is 0.573 e. The van der Waals surface area contributed by atoms with Crippen molar-refractivity contribution < 1.29 is 17.9 Å². The fourth-order valence-electron chi connectivity index (χ4n) is 1.66. The standard InChI is InChI=1S/C12H17F3N2O/c1-17(2)8-10(16)7-9-3-5-11(6-4-9)18-12(13,14)15/h3-6,10H,7-8,16H2,1-2H3. The zero-order valence-corrected chi connectivity index (χ0v) is 10.4. The smallest absolute Gasteiger partial charge is 0.406 e. The van der Waals surface area contributed by atoms with E-state index in [0.717, 1.165) is 12.1 Å². The van der Waals surface area contributed by atoms with Crippen molar-refractivity contribution >= 4 is 0 Å². The summed E-state index contributed by atoms with van der Waals surface area (Å²) < 4.78 is 39.6. The minimum absolute atomic E-state index is 0.0469. The minimum Gasteiger partial charge on any atom is -0.406 e. The van der Waals surface area contributed by atoms with Gasteiger partial charge < -0.3 is 15.4 Å². The molecule has 3 nitrogen and oxygen atoms in total. The summed E-state index contributed by atoms with van der Waals surface area (Å²) in [5.74, 6) is -0.215. The molecule has 0 aliphatic heterocycles. The van der Waals surface area contributed by atoms with Gasteiger partial charge in [-0.2, -0.15) is 0 Å². The van der Waals surface area contributed by atoms with Crippen LogP contribution in [0.3, 0.4) is 0 Å². The van der Waals surface area contributed by atoms with Crippen LogP contribution in [0.1, 0.15) is 5.56 Å². The Labute approximate surface area is 104 Å². The van der Waals surface area contributed by atoms with E-state index in [1.165, 1.54) is 12.1 Å². The molecule has 0 saturated heterocycles. The molecule has 2 N–H and O–H groups in total. The number of benzene rings is 1. The van der Waals surface area contributed by atoms with Gasteiger partial charge in [-0.25, -0.2) is 0 Å². The van der Waals surface area contributed by atoms with Crippen molar-refractivity contribution in [3.8, 4) is 5.75 Å². The molecule has 0 radical (unpaired) electrons. The fourth-order valence-corrected chi connectivity index (χ4v) is 1.66. The number of likely N-dealkylation sites (N-methyl/N-ethyl adjacent to an activating group) is 1. The van der Waals surface area contributed by atoms with Crippen molar-refractivity contribution in [1.82, 2.24) is 4.90 Å². The average Bonchev–Trinajstić information content (AvgIpc) is 2.17. The molecule has 0 aliphatic rings. The number of rotatable bonds is 5. The molecule has 1 atom stereocenters. The van der Waals surface area contributed by atoms with E-state index in [-0.39, 0.29) is 11.8 Å². The third-order valence-electron chi connectivity index (χ3n) is 2.25. The highest BCUT2D eigenvalue weighted by molar-refractivity contribution is 5.27. The van der Waals surface area contributed by atoms with E-state index >= 15 is 0 Å². The number of nitrogens with zero attached hydrogens (tertiary/aromatic N) is 1. The molecule has 0 fully saturated rings. The molecule has 0 aliphatic carbocycles. The molecule has 0 heterocycles. The number of alkyl halides is 3. The van der Waals surface area contributed by atoms with Gasteiger partial charge in [-0.15, -0.1) is 13.2 Å². The predicted molar refractivity (Wildman–Crippen MR) is 63.4 cm³/mol. The first-order valence-corrected chi connectivity index (χ1v) is 5.51. The molecule has 102 valence electrons. The Balaban J connectivity index is 2.55. The molecular formula is C12H17F3N2O. The third kappa shape index (κ3) is 5.88. The van der Waals surface area contributed by atoms with E-state index in [4.69, 9.17) is 5.73 Å². The first-order chi connectivity index (χ1) is 8.26. The summed E-state index contributed by atoms with van der Waals surface area (Å²) in [5.41, 5.74) is 6.78. The van der Waals surface area contributed by atoms with E-state index in [1.807, 2.05) is 19.0 Å². The molecular weight excluding hydrogens is 245 g/mol. The second-order valence-corrected chi connectivity index (χ2v) is 4.42. The van der Waals surface area contributed by atoms with Gasteiger partial charge >= 0.3 is 6.36 Å². The maximum atomic E-state index is 11.9. The highest BCUT2D eigenvalue weighted by Gasteiger charge is 2.30. The largest absolute Gasteiger partial charge is 0.573 e. The number of hydrogen-bond donors (Lipinski definition) is 1. The summed E-state index contributed by atoms with van der Waals surface area (Å²) >= 11 is 0. The van der Waals surface area contributed by atoms with Crippen LogP contribution < -0.4 is 10.5 Å². The summed E-state index contributed by atoms with van der Waals surface area (Å²) in [5, 5.41) is 0. The Morgan fingerprint density at radius 3 is 2.22 bits per heavy atom. The van der Waals surface area contributed by atoms with Crippen LogP contribution in [0.15, 0.2) is 24.3 Å². The SMILES string of the molecule is CN(C)CC(N)Cc1ccc(OC(F)(F)F)cc1. The van der Waals surface area contributed by atoms with Crippen LogP contribution in [0.2, 0.25) is 0 Å². The highest BCUT2D eigenvalue weighted by atomic mass is 19.4. The van der Waals surface area contributed by atoms with E-state index in [2.05, 4.69) is 4.74 Å². The first kappa shape index (κ1) is 14.8. The van der Waals surface area contributed by atoms with Crippen molar-refractivity contribution in [2.45, 2.75) is 18.8 Å². The summed E-state index contributed by atoms with van der Waals surface area (Å²) in [6.45, 7) is 0.723. The van der Waals surface area contributed by atoms with Crippen molar-refractivity contribution in [1.29, 1.82) is 0 Å². The second-order valence-electron chi connectivity index (χ2n) is 4.42. The number of nitrogens with two attached hydrogens (primary N) is 1. The Bertz CT molecular complexity index is 363. The topological polar surface area (TPSA) is 38.5 Å². The Kier molecular flexibility index (Phi) is 4.98. The zero-order valence-electron chi connectivity index (χ0n) is 10.4. The minimum atomic E-state index is -4.65. The first-order valence-electron chi connectivity index (χ1n) is 5.51. The monoisotopic (exact) mass is 262 g/mol. The molecule has 1 unspecified atom stereocenters. The Morgan fingerprint density at radius 2 is 1.78 bits per heavy atom. The molecule has 1 aromatic rings. The molecule has 1 aromatic carbocycles. The molecule has 6 heteroatoms. The van der Waals surface area contributed by atoms with E-state index in [1.54, 1.807) is 12.1 Å². The zero-order chi connectivity index (χ0) is 13.8. The lowest BCUT2D eigenvalue weighted by Crippen LogP contribution is -2.34. The lowest BCUT2D eigenvalue weighted by molar-refractivity contribution is -0.274. The predicted octanol–water partition coefficient (Wildman–Crippen LogP) is 2.02. The van der Waals surface area contributed by atoms with Gasteiger partial charge in [-0.05, 0) is 38.2 Å². The van der Waals surface area contributed by atoms with Gasteiger partial charge in [0.1, 0.15) is 5.75 Å². The van der Waals surface area contributed by atoms with Gasteiger partial charge in [0.2, 0.25) is 0 Å². The lowest BCUT2D eigenvalue weighted by Gasteiger charge is -2.17. The lowest BCUT2D eigenvalue weighted by atomic mass is 10.1. The van der Waals surface area contributed by atoms with Gasteiger partial charge in [0.05, 0.1) is 0 Å². The maximum absolute atomic E-state index is 11.9. The van der Waals surface area contributed by atoms with Crippen LogP contribution in [0, 0.1) is 0 Å². The van der Waals surface area contributed by atoms with E-state index in [0.29, 0.717) is 6.42 Å². The normalized spacial score (nSPS) is 13.7. The van der Waals surface area contributed by atoms with Gasteiger partial charge in [-0.3, -0.25) is 0 Å². The molecule has 0 spiro atoms. The summed E-state index contributed by atoms with van der Waals surface area (Å²) in [6, 6.07) is 5.73. The van der Waals surface area contributed by atoms with Gasteiger partial charge in [0.25, 0.3) is 0 Å². The van der Waals surface area contributed by atoms with Crippen molar-refractivity contribution in [3.05, 3.63) is 29.8 Å². The van der Waals surface area contributed by atoms with Crippen LogP contribution in [0.25, 0.3) is 0 Å². The number of halogens is 3. The molecule has 1 rings (SSSR count).